The Bertz CT molecular complexity index is 1510. The summed E-state index contributed by atoms with van der Waals surface area (Å²) in [6, 6.07) is 17.2. The molecule has 1 atom stereocenters. The van der Waals surface area contributed by atoms with Crippen molar-refractivity contribution in [3.05, 3.63) is 77.9 Å². The lowest BCUT2D eigenvalue weighted by atomic mass is 10.1. The number of ether oxygens (including phenoxy) is 3. The van der Waals surface area contributed by atoms with Gasteiger partial charge in [-0.25, -0.2) is 8.42 Å². The Morgan fingerprint density at radius 3 is 2.14 bits per heavy atom. The van der Waals surface area contributed by atoms with Gasteiger partial charge >= 0.3 is 0 Å². The van der Waals surface area contributed by atoms with E-state index in [1.807, 2.05) is 52.0 Å². The number of sulfonamides is 1. The van der Waals surface area contributed by atoms with Crippen molar-refractivity contribution in [1.82, 2.24) is 10.2 Å². The van der Waals surface area contributed by atoms with Crippen molar-refractivity contribution in [3.63, 3.8) is 0 Å². The molecule has 0 aromatic heterocycles. The van der Waals surface area contributed by atoms with E-state index in [-0.39, 0.29) is 34.8 Å². The first-order valence-electron chi connectivity index (χ1n) is 14.0. The summed E-state index contributed by atoms with van der Waals surface area (Å²) in [6.07, 6.45) is 0. The van der Waals surface area contributed by atoms with Crippen LogP contribution < -0.4 is 23.8 Å². The quantitative estimate of drug-likeness (QED) is 0.285. The molecule has 0 aliphatic rings. The van der Waals surface area contributed by atoms with Gasteiger partial charge < -0.3 is 24.4 Å². The third kappa shape index (κ3) is 8.19. The Balaban J connectivity index is 2.09. The Morgan fingerprint density at radius 2 is 1.56 bits per heavy atom. The number of carbonyl (C=O) groups is 2. The molecule has 2 amide bonds. The molecule has 0 fully saturated rings. The number of nitrogens with zero attached hydrogens (tertiary/aromatic N) is 2. The molecule has 43 heavy (non-hydrogen) atoms. The van der Waals surface area contributed by atoms with Gasteiger partial charge in [0.1, 0.15) is 18.3 Å². The maximum absolute atomic E-state index is 14.2. The average molecular weight is 612 g/mol. The number of hydrogen-bond acceptors (Lipinski definition) is 7. The Morgan fingerprint density at radius 1 is 0.907 bits per heavy atom. The molecule has 11 heteroatoms. The van der Waals surface area contributed by atoms with Crippen LogP contribution in [0.4, 0.5) is 5.69 Å². The Hall–Kier alpha value is -4.25. The van der Waals surface area contributed by atoms with Gasteiger partial charge in [0.2, 0.25) is 11.8 Å². The minimum atomic E-state index is -4.30. The van der Waals surface area contributed by atoms with E-state index in [9.17, 15) is 18.0 Å². The van der Waals surface area contributed by atoms with Gasteiger partial charge in [-0.1, -0.05) is 24.3 Å². The molecule has 0 radical (unpaired) electrons. The van der Waals surface area contributed by atoms with Crippen molar-refractivity contribution in [2.45, 2.75) is 58.1 Å². The van der Waals surface area contributed by atoms with Crippen LogP contribution in [0.2, 0.25) is 0 Å². The van der Waals surface area contributed by atoms with E-state index >= 15 is 0 Å². The van der Waals surface area contributed by atoms with E-state index < -0.39 is 28.5 Å². The molecular formula is C32H41N3O7S. The van der Waals surface area contributed by atoms with Crippen LogP contribution in [0, 0.1) is 6.92 Å². The highest BCUT2D eigenvalue weighted by Gasteiger charge is 2.33. The zero-order valence-corrected chi connectivity index (χ0v) is 26.6. The molecule has 232 valence electrons. The number of hydrogen-bond donors (Lipinski definition) is 1. The number of anilines is 1. The van der Waals surface area contributed by atoms with Gasteiger partial charge in [-0.15, -0.1) is 0 Å². The molecule has 0 saturated heterocycles. The molecule has 0 aliphatic carbocycles. The highest BCUT2D eigenvalue weighted by molar-refractivity contribution is 7.92. The summed E-state index contributed by atoms with van der Waals surface area (Å²) < 4.78 is 45.5. The predicted molar refractivity (Wildman–Crippen MR) is 166 cm³/mol. The van der Waals surface area contributed by atoms with Gasteiger partial charge in [-0.05, 0) is 82.1 Å². The summed E-state index contributed by atoms with van der Waals surface area (Å²) in [4.78, 5) is 28.5. The smallest absolute Gasteiger partial charge is 0.264 e. The maximum Gasteiger partial charge on any atom is 0.264 e. The summed E-state index contributed by atoms with van der Waals surface area (Å²) in [7, 11) is -1.44. The predicted octanol–water partition coefficient (Wildman–Crippen LogP) is 4.55. The van der Waals surface area contributed by atoms with Crippen LogP contribution in [0.25, 0.3) is 0 Å². The van der Waals surface area contributed by atoms with Crippen LogP contribution in [0.3, 0.4) is 0 Å². The van der Waals surface area contributed by atoms with Crippen LogP contribution in [0.1, 0.15) is 38.8 Å². The van der Waals surface area contributed by atoms with Gasteiger partial charge in [0.25, 0.3) is 10.0 Å². The monoisotopic (exact) mass is 611 g/mol. The van der Waals surface area contributed by atoms with E-state index in [1.54, 1.807) is 31.2 Å². The van der Waals surface area contributed by atoms with E-state index in [2.05, 4.69) is 5.32 Å². The summed E-state index contributed by atoms with van der Waals surface area (Å²) >= 11 is 0. The van der Waals surface area contributed by atoms with Crippen LogP contribution >= 0.6 is 0 Å². The van der Waals surface area contributed by atoms with Crippen LogP contribution in [-0.2, 0) is 26.2 Å². The van der Waals surface area contributed by atoms with Gasteiger partial charge in [-0.3, -0.25) is 13.9 Å². The zero-order chi connectivity index (χ0) is 31.7. The van der Waals surface area contributed by atoms with Crippen molar-refractivity contribution in [2.75, 3.05) is 31.7 Å². The molecule has 10 nitrogen and oxygen atoms in total. The molecule has 0 bridgehead atoms. The summed E-state index contributed by atoms with van der Waals surface area (Å²) in [6.45, 7) is 9.07. The van der Waals surface area contributed by atoms with Crippen LogP contribution in [-0.4, -0.2) is 64.6 Å². The van der Waals surface area contributed by atoms with Crippen molar-refractivity contribution in [3.8, 4) is 17.2 Å². The number of benzene rings is 3. The van der Waals surface area contributed by atoms with Crippen molar-refractivity contribution in [1.29, 1.82) is 0 Å². The van der Waals surface area contributed by atoms with Gasteiger partial charge in [0, 0.05) is 18.7 Å². The van der Waals surface area contributed by atoms with Crippen LogP contribution in [0.15, 0.2) is 71.6 Å². The molecule has 0 unspecified atom stereocenters. The molecule has 3 rings (SSSR count). The van der Waals surface area contributed by atoms with E-state index in [0.29, 0.717) is 18.1 Å². The Kier molecular flexibility index (Phi) is 11.4. The van der Waals surface area contributed by atoms with Gasteiger partial charge in [0.05, 0.1) is 31.4 Å². The number of aryl methyl sites for hydroxylation is 1. The normalized spacial score (nSPS) is 11.9. The van der Waals surface area contributed by atoms with E-state index in [4.69, 9.17) is 14.2 Å². The number of amides is 2. The second-order valence-electron chi connectivity index (χ2n) is 10.2. The van der Waals surface area contributed by atoms with Crippen molar-refractivity contribution < 1.29 is 32.2 Å². The van der Waals surface area contributed by atoms with Crippen molar-refractivity contribution in [2.24, 2.45) is 0 Å². The first-order chi connectivity index (χ1) is 20.4. The second kappa shape index (κ2) is 14.8. The third-order valence-corrected chi connectivity index (χ3v) is 8.63. The van der Waals surface area contributed by atoms with Crippen molar-refractivity contribution >= 4 is 27.5 Å². The first-order valence-corrected chi connectivity index (χ1v) is 15.5. The van der Waals surface area contributed by atoms with Gasteiger partial charge in [-0.2, -0.15) is 0 Å². The summed E-state index contributed by atoms with van der Waals surface area (Å²) in [5, 5.41) is 2.86. The molecule has 0 spiro atoms. The fourth-order valence-electron chi connectivity index (χ4n) is 4.47. The number of nitrogens with one attached hydrogen (secondary N) is 1. The lowest BCUT2D eigenvalue weighted by molar-refractivity contribution is -0.139. The maximum atomic E-state index is 14.2. The summed E-state index contributed by atoms with van der Waals surface area (Å²) in [5.41, 5.74) is 2.04. The first kappa shape index (κ1) is 33.3. The number of carbonyl (C=O) groups excluding carboxylic acids is 2. The third-order valence-electron chi connectivity index (χ3n) is 6.86. The molecule has 0 saturated carbocycles. The zero-order valence-electron chi connectivity index (χ0n) is 25.8. The Labute approximate surface area is 254 Å². The highest BCUT2D eigenvalue weighted by Crippen LogP contribution is 2.33. The minimum Gasteiger partial charge on any atom is -0.494 e. The molecule has 3 aromatic rings. The van der Waals surface area contributed by atoms with Crippen LogP contribution in [0.5, 0.6) is 17.2 Å². The largest absolute Gasteiger partial charge is 0.494 e. The molecule has 0 heterocycles. The number of rotatable bonds is 14. The SMILES string of the molecule is CCOc1ccc(N(CC(=O)N(Cc2ccccc2C)[C@@H](C)C(=O)NC(C)C)S(=O)(=O)c2ccc(OC)c(OC)c2)cc1. The fourth-order valence-corrected chi connectivity index (χ4v) is 5.90. The minimum absolute atomic E-state index is 0.0945. The fraction of sp³-hybridized carbons (Fsp3) is 0.375. The second-order valence-corrected chi connectivity index (χ2v) is 12.1. The molecule has 3 aromatic carbocycles. The molecule has 1 N–H and O–H groups in total. The lowest BCUT2D eigenvalue weighted by Crippen LogP contribution is -2.52. The summed E-state index contributed by atoms with van der Waals surface area (Å²) in [5.74, 6) is 0.252. The van der Waals surface area contributed by atoms with E-state index in [1.165, 1.54) is 37.3 Å². The topological polar surface area (TPSA) is 114 Å². The highest BCUT2D eigenvalue weighted by atomic mass is 32.2. The molecular weight excluding hydrogens is 570 g/mol. The van der Waals surface area contributed by atoms with Gasteiger partial charge in [0.15, 0.2) is 11.5 Å². The van der Waals surface area contributed by atoms with E-state index in [0.717, 1.165) is 15.4 Å². The lowest BCUT2D eigenvalue weighted by Gasteiger charge is -2.32. The standard InChI is InChI=1S/C32H41N3O7S/c1-8-42-27-15-13-26(14-16-27)35(43(38,39)28-17-18-29(40-6)30(19-28)41-7)21-31(36)34(24(5)32(37)33-22(2)3)20-25-12-10-9-11-23(25)4/h9-19,22,24H,8,20-21H2,1-7H3,(H,33,37)/t24-/m0/s1. The average Bonchev–Trinajstić information content (AvgIpc) is 2.98. The number of methoxy groups -OCH3 is 2. The molecule has 0 aliphatic heterocycles.